The van der Waals surface area contributed by atoms with Gasteiger partial charge >= 0.3 is 5.97 Å². The summed E-state index contributed by atoms with van der Waals surface area (Å²) in [6.07, 6.45) is 4.71. The minimum Gasteiger partial charge on any atom is -0.480 e. The minimum absolute atomic E-state index is 0.261. The molecule has 0 saturated heterocycles. The first-order valence-electron chi connectivity index (χ1n) is 3.09. The molecule has 0 aliphatic heterocycles. The van der Waals surface area contributed by atoms with E-state index in [1.54, 1.807) is 12.2 Å². The number of carboxylic acids is 1. The Morgan fingerprint density at radius 1 is 1.82 bits per heavy atom. The average molecular weight is 173 g/mol. The van der Waals surface area contributed by atoms with Crippen LogP contribution in [0.2, 0.25) is 0 Å². The topological polar surface area (TPSA) is 49.3 Å². The Labute approximate surface area is 71.2 Å². The summed E-state index contributed by atoms with van der Waals surface area (Å²) in [4.78, 5) is 10.4. The molecule has 0 rings (SSSR count). The van der Waals surface area contributed by atoms with E-state index in [9.17, 15) is 4.79 Å². The number of rotatable bonds is 5. The third-order valence-corrected chi connectivity index (χ3v) is 1.38. The van der Waals surface area contributed by atoms with Gasteiger partial charge in [0.25, 0.3) is 0 Å². The number of carboxylic acid groups (broad SMARTS) is 1. The van der Waals surface area contributed by atoms with E-state index in [0.29, 0.717) is 0 Å². The molecule has 0 unspecified atom stereocenters. The molecule has 0 aromatic rings. The molecule has 0 aliphatic carbocycles. The number of hydrogen-bond donors (Lipinski definition) is 3. The van der Waals surface area contributed by atoms with E-state index in [4.69, 9.17) is 5.11 Å². The van der Waals surface area contributed by atoms with Gasteiger partial charge < -0.3 is 10.4 Å². The maximum atomic E-state index is 10.4. The normalized spacial score (nSPS) is 12.8. The Balaban J connectivity index is 3.78. The molecule has 0 saturated carbocycles. The number of thiol groups is 1. The van der Waals surface area contributed by atoms with Crippen LogP contribution in [-0.4, -0.2) is 22.9 Å². The molecule has 0 heterocycles. The van der Waals surface area contributed by atoms with E-state index >= 15 is 0 Å². The van der Waals surface area contributed by atoms with E-state index in [1.807, 2.05) is 0 Å². The lowest BCUT2D eigenvalue weighted by molar-refractivity contribution is -0.138. The van der Waals surface area contributed by atoms with Crippen molar-refractivity contribution < 1.29 is 9.90 Å². The summed E-state index contributed by atoms with van der Waals surface area (Å²) in [7, 11) is 0. The van der Waals surface area contributed by atoms with Gasteiger partial charge in [0.2, 0.25) is 0 Å². The fourth-order valence-electron chi connectivity index (χ4n) is 0.442. The highest BCUT2D eigenvalue weighted by molar-refractivity contribution is 7.80. The SMILES string of the molecule is C=CC=CN[C@@H](CS)C(=O)O. The quantitative estimate of drug-likeness (QED) is 0.423. The largest absolute Gasteiger partial charge is 0.480 e. The van der Waals surface area contributed by atoms with Gasteiger partial charge in [-0.05, 0) is 12.3 Å². The molecule has 1 atom stereocenters. The Morgan fingerprint density at radius 3 is 2.82 bits per heavy atom. The van der Waals surface area contributed by atoms with Gasteiger partial charge in [-0.25, -0.2) is 4.79 Å². The standard InChI is InChI=1S/C7H11NO2S/c1-2-3-4-8-6(5-11)7(9)10/h2-4,6,8,11H,1,5H2,(H,9,10)/t6-/m0/s1. The third kappa shape index (κ3) is 4.50. The number of nitrogens with one attached hydrogen (secondary N) is 1. The highest BCUT2D eigenvalue weighted by Crippen LogP contribution is 1.87. The maximum absolute atomic E-state index is 10.4. The van der Waals surface area contributed by atoms with E-state index in [-0.39, 0.29) is 5.75 Å². The summed E-state index contributed by atoms with van der Waals surface area (Å²) in [5.74, 6) is -0.648. The number of carbonyl (C=O) groups is 1. The van der Waals surface area contributed by atoms with E-state index in [2.05, 4.69) is 24.5 Å². The molecule has 0 amide bonds. The van der Waals surface area contributed by atoms with Gasteiger partial charge in [0.1, 0.15) is 6.04 Å². The van der Waals surface area contributed by atoms with Crippen LogP contribution in [0.3, 0.4) is 0 Å². The van der Waals surface area contributed by atoms with Crippen molar-refractivity contribution in [3.05, 3.63) is 24.9 Å². The van der Waals surface area contributed by atoms with Crippen LogP contribution in [-0.2, 0) is 4.79 Å². The highest BCUT2D eigenvalue weighted by atomic mass is 32.1. The van der Waals surface area contributed by atoms with Crippen LogP contribution in [0, 0.1) is 0 Å². The van der Waals surface area contributed by atoms with Crippen molar-refractivity contribution in [1.82, 2.24) is 5.32 Å². The Kier molecular flexibility index (Phi) is 5.37. The second kappa shape index (κ2) is 5.85. The zero-order chi connectivity index (χ0) is 8.69. The molecule has 3 nitrogen and oxygen atoms in total. The zero-order valence-corrected chi connectivity index (χ0v) is 6.92. The van der Waals surface area contributed by atoms with Gasteiger partial charge in [-0.15, -0.1) is 0 Å². The van der Waals surface area contributed by atoms with Gasteiger partial charge in [-0.3, -0.25) is 0 Å². The smallest absolute Gasteiger partial charge is 0.326 e. The first-order valence-corrected chi connectivity index (χ1v) is 3.73. The van der Waals surface area contributed by atoms with E-state index in [0.717, 1.165) is 0 Å². The molecular weight excluding hydrogens is 162 g/mol. The Morgan fingerprint density at radius 2 is 2.45 bits per heavy atom. The van der Waals surface area contributed by atoms with Gasteiger partial charge in [-0.2, -0.15) is 12.6 Å². The van der Waals surface area contributed by atoms with Crippen LogP contribution >= 0.6 is 12.6 Å². The molecule has 0 aromatic heterocycles. The number of allylic oxidation sites excluding steroid dienone is 2. The predicted octanol–water partition coefficient (Wildman–Crippen LogP) is 0.659. The maximum Gasteiger partial charge on any atom is 0.326 e. The summed E-state index contributed by atoms with van der Waals surface area (Å²) in [5, 5.41) is 11.1. The molecular formula is C7H11NO2S. The van der Waals surface area contributed by atoms with Gasteiger partial charge in [0.15, 0.2) is 0 Å². The minimum atomic E-state index is -0.909. The van der Waals surface area contributed by atoms with Crippen LogP contribution in [0.1, 0.15) is 0 Å². The van der Waals surface area contributed by atoms with Crippen LogP contribution in [0.15, 0.2) is 24.9 Å². The summed E-state index contributed by atoms with van der Waals surface area (Å²) in [6.45, 7) is 3.43. The van der Waals surface area contributed by atoms with Crippen molar-refractivity contribution in [2.45, 2.75) is 6.04 Å². The second-order valence-corrected chi connectivity index (χ2v) is 2.20. The van der Waals surface area contributed by atoms with Crippen LogP contribution in [0.4, 0.5) is 0 Å². The summed E-state index contributed by atoms with van der Waals surface area (Å²) >= 11 is 3.85. The van der Waals surface area contributed by atoms with E-state index in [1.165, 1.54) is 6.20 Å². The van der Waals surface area contributed by atoms with Crippen molar-refractivity contribution in [3.63, 3.8) is 0 Å². The first kappa shape index (κ1) is 10.1. The van der Waals surface area contributed by atoms with Crippen molar-refractivity contribution in [3.8, 4) is 0 Å². The van der Waals surface area contributed by atoms with Gasteiger partial charge in [-0.1, -0.05) is 12.7 Å². The first-order chi connectivity index (χ1) is 5.22. The molecule has 4 heteroatoms. The van der Waals surface area contributed by atoms with Crippen LogP contribution in [0.25, 0.3) is 0 Å². The number of aliphatic carboxylic acids is 1. The molecule has 0 fully saturated rings. The molecule has 62 valence electrons. The predicted molar refractivity (Wildman–Crippen MR) is 47.7 cm³/mol. The zero-order valence-electron chi connectivity index (χ0n) is 6.03. The average Bonchev–Trinajstić information content (AvgIpc) is 1.97. The highest BCUT2D eigenvalue weighted by Gasteiger charge is 2.11. The second-order valence-electron chi connectivity index (χ2n) is 1.83. The monoisotopic (exact) mass is 173 g/mol. The van der Waals surface area contributed by atoms with Gasteiger partial charge in [0.05, 0.1) is 0 Å². The molecule has 0 aromatic carbocycles. The van der Waals surface area contributed by atoms with E-state index < -0.39 is 12.0 Å². The fourth-order valence-corrected chi connectivity index (χ4v) is 0.703. The van der Waals surface area contributed by atoms with Crippen molar-refractivity contribution in [1.29, 1.82) is 0 Å². The molecule has 11 heavy (non-hydrogen) atoms. The van der Waals surface area contributed by atoms with Crippen molar-refractivity contribution >= 4 is 18.6 Å². The Hall–Kier alpha value is -0.900. The summed E-state index contributed by atoms with van der Waals surface area (Å²) in [5.41, 5.74) is 0. The van der Waals surface area contributed by atoms with Crippen molar-refractivity contribution in [2.24, 2.45) is 0 Å². The van der Waals surface area contributed by atoms with Gasteiger partial charge in [0, 0.05) is 5.75 Å². The molecule has 0 aliphatic rings. The Bertz CT molecular complexity index is 168. The third-order valence-electron chi connectivity index (χ3n) is 1.01. The lowest BCUT2D eigenvalue weighted by Gasteiger charge is -2.07. The van der Waals surface area contributed by atoms with Crippen molar-refractivity contribution in [2.75, 3.05) is 5.75 Å². The molecule has 0 radical (unpaired) electrons. The summed E-state index contributed by atoms with van der Waals surface area (Å²) < 4.78 is 0. The van der Waals surface area contributed by atoms with Crippen LogP contribution in [0.5, 0.6) is 0 Å². The fraction of sp³-hybridized carbons (Fsp3) is 0.286. The molecule has 2 N–H and O–H groups in total. The lowest BCUT2D eigenvalue weighted by Crippen LogP contribution is -2.34. The molecule has 0 spiro atoms. The van der Waals surface area contributed by atoms with Crippen LogP contribution < -0.4 is 5.32 Å². The summed E-state index contributed by atoms with van der Waals surface area (Å²) in [6, 6.07) is -0.630. The molecule has 0 bridgehead atoms. The lowest BCUT2D eigenvalue weighted by atomic mass is 10.3. The number of hydrogen-bond acceptors (Lipinski definition) is 3.